The summed E-state index contributed by atoms with van der Waals surface area (Å²) >= 11 is 0. The predicted molar refractivity (Wildman–Crippen MR) is 208 cm³/mol. The van der Waals surface area contributed by atoms with Crippen LogP contribution in [0.3, 0.4) is 0 Å². The van der Waals surface area contributed by atoms with E-state index in [-0.39, 0.29) is 11.2 Å². The van der Waals surface area contributed by atoms with Gasteiger partial charge in [-0.2, -0.15) is 0 Å². The summed E-state index contributed by atoms with van der Waals surface area (Å²) in [5.74, 6) is 1.24. The van der Waals surface area contributed by atoms with Crippen LogP contribution in [-0.4, -0.2) is 20.1 Å². The lowest BCUT2D eigenvalue weighted by atomic mass is 9.62. The fourth-order valence-electron chi connectivity index (χ4n) is 8.92. The average molecular weight is 672 g/mol. The van der Waals surface area contributed by atoms with Crippen molar-refractivity contribution in [3.63, 3.8) is 0 Å². The van der Waals surface area contributed by atoms with Crippen LogP contribution in [0.25, 0.3) is 66.6 Å². The highest BCUT2D eigenvalue weighted by atomic mass is 16.3. The van der Waals surface area contributed by atoms with Gasteiger partial charge in [-0.25, -0.2) is 4.98 Å². The Morgan fingerprint density at radius 1 is 0.745 bits per heavy atom. The van der Waals surface area contributed by atoms with Gasteiger partial charge in [-0.05, 0) is 125 Å². The fraction of sp³-hybridized carbons (Fsp3) is 0.326. The molecule has 4 aromatic carbocycles. The molecule has 0 unspecified atom stereocenters. The fourth-order valence-corrected chi connectivity index (χ4v) is 8.92. The van der Waals surface area contributed by atoms with Gasteiger partial charge in [0.15, 0.2) is 5.58 Å². The van der Waals surface area contributed by atoms with Gasteiger partial charge in [0.2, 0.25) is 5.89 Å². The van der Waals surface area contributed by atoms with E-state index in [4.69, 9.17) is 19.4 Å². The standard InChI is InChI=1S/C46H45N3O2/c1-45(2,3)35-13-14-36(40(50)27-35)44-49-43-41(51-44)16-15-38-42(43)37-25-33(11-12-34(37)28-48-38)39-26-32(19-24-47-39)30-9-7-29(8-10-30)31-17-22-46(23-18-31)20-5-4-6-21-46/h7-16,19,24-28,31,50H,4-6,17-18,20-23H2,1-3H3. The molecule has 5 nitrogen and oxygen atoms in total. The second-order valence-electron chi connectivity index (χ2n) is 16.3. The van der Waals surface area contributed by atoms with Gasteiger partial charge < -0.3 is 9.52 Å². The molecular formula is C46H45N3O2. The Morgan fingerprint density at radius 2 is 1.53 bits per heavy atom. The first-order valence-corrected chi connectivity index (χ1v) is 18.8. The summed E-state index contributed by atoms with van der Waals surface area (Å²) < 4.78 is 6.26. The average Bonchev–Trinajstić information content (AvgIpc) is 3.59. The van der Waals surface area contributed by atoms with Gasteiger partial charge in [0, 0.05) is 28.7 Å². The van der Waals surface area contributed by atoms with E-state index in [9.17, 15) is 5.11 Å². The van der Waals surface area contributed by atoms with Crippen LogP contribution in [-0.2, 0) is 5.41 Å². The van der Waals surface area contributed by atoms with Crippen molar-refractivity contribution in [1.29, 1.82) is 0 Å². The number of aromatic hydroxyl groups is 1. The Kier molecular flexibility index (Phi) is 7.72. The number of pyridine rings is 2. The quantitative estimate of drug-likeness (QED) is 0.189. The molecule has 9 rings (SSSR count). The Morgan fingerprint density at radius 3 is 2.29 bits per heavy atom. The molecule has 0 atom stereocenters. The third-order valence-corrected chi connectivity index (χ3v) is 12.0. The van der Waals surface area contributed by atoms with Gasteiger partial charge in [-0.3, -0.25) is 9.97 Å². The van der Waals surface area contributed by atoms with Crippen LogP contribution in [0.4, 0.5) is 0 Å². The summed E-state index contributed by atoms with van der Waals surface area (Å²) in [5, 5.41) is 14.0. The molecule has 2 aliphatic carbocycles. The number of hydrogen-bond acceptors (Lipinski definition) is 5. The predicted octanol–water partition coefficient (Wildman–Crippen LogP) is 12.5. The molecule has 0 bridgehead atoms. The van der Waals surface area contributed by atoms with Crippen molar-refractivity contribution >= 4 is 32.8 Å². The van der Waals surface area contributed by atoms with Crippen molar-refractivity contribution in [3.8, 4) is 39.6 Å². The lowest BCUT2D eigenvalue weighted by Gasteiger charge is -2.43. The van der Waals surface area contributed by atoms with Gasteiger partial charge in [-0.15, -0.1) is 0 Å². The number of hydrogen-bond donors (Lipinski definition) is 1. The number of fused-ring (bicyclic) bond motifs is 5. The lowest BCUT2D eigenvalue weighted by molar-refractivity contribution is 0.114. The molecule has 2 fully saturated rings. The number of aromatic nitrogens is 3. The highest BCUT2D eigenvalue weighted by Gasteiger charge is 2.36. The maximum Gasteiger partial charge on any atom is 0.231 e. The van der Waals surface area contributed by atoms with E-state index in [0.29, 0.717) is 28.4 Å². The number of oxazole rings is 1. The molecule has 3 aromatic heterocycles. The normalized spacial score (nSPS) is 16.8. The van der Waals surface area contributed by atoms with Crippen LogP contribution >= 0.6 is 0 Å². The minimum atomic E-state index is -0.0816. The monoisotopic (exact) mass is 671 g/mol. The highest BCUT2D eigenvalue weighted by molar-refractivity contribution is 6.17. The molecule has 5 heteroatoms. The van der Waals surface area contributed by atoms with E-state index < -0.39 is 0 Å². The maximum atomic E-state index is 11.0. The number of nitrogens with zero attached hydrogens (tertiary/aromatic N) is 3. The Bertz CT molecular complexity index is 2400. The first-order valence-electron chi connectivity index (χ1n) is 18.8. The van der Waals surface area contributed by atoms with Crippen molar-refractivity contribution < 1.29 is 9.52 Å². The van der Waals surface area contributed by atoms with E-state index in [2.05, 4.69) is 75.4 Å². The number of rotatable bonds is 4. The Hall–Kier alpha value is -5.03. The molecule has 2 aliphatic rings. The zero-order valence-electron chi connectivity index (χ0n) is 29.9. The third-order valence-electron chi connectivity index (χ3n) is 12.0. The smallest absolute Gasteiger partial charge is 0.231 e. The molecule has 3 heterocycles. The number of phenols is 1. The van der Waals surface area contributed by atoms with Crippen molar-refractivity contribution in [2.75, 3.05) is 0 Å². The summed E-state index contributed by atoms with van der Waals surface area (Å²) in [7, 11) is 0. The topological polar surface area (TPSA) is 72.0 Å². The summed E-state index contributed by atoms with van der Waals surface area (Å²) in [5.41, 5.74) is 10.2. The third kappa shape index (κ3) is 5.87. The molecule has 0 radical (unpaired) electrons. The molecule has 1 spiro atoms. The van der Waals surface area contributed by atoms with Gasteiger partial charge >= 0.3 is 0 Å². The van der Waals surface area contributed by atoms with Crippen molar-refractivity contribution in [2.45, 2.75) is 89.9 Å². The van der Waals surface area contributed by atoms with Gasteiger partial charge in [0.25, 0.3) is 0 Å². The summed E-state index contributed by atoms with van der Waals surface area (Å²) in [6, 6.07) is 29.7. The molecule has 0 amide bonds. The SMILES string of the molecule is CC(C)(C)c1ccc(-c2nc3c(ccc4ncc5ccc(-c6cc(-c7ccc(C8CCC9(CCCCC9)CC8)cc7)ccn6)cc5c43)o2)c(O)c1. The highest BCUT2D eigenvalue weighted by Crippen LogP contribution is 2.51. The molecular weight excluding hydrogens is 627 g/mol. The van der Waals surface area contributed by atoms with E-state index >= 15 is 0 Å². The van der Waals surface area contributed by atoms with E-state index in [1.54, 1.807) is 0 Å². The lowest BCUT2D eigenvalue weighted by Crippen LogP contribution is -2.29. The molecule has 2 saturated carbocycles. The van der Waals surface area contributed by atoms with Gasteiger partial charge in [0.05, 0.1) is 16.8 Å². The van der Waals surface area contributed by atoms with E-state index in [1.165, 1.54) is 68.9 Å². The number of phenolic OH excluding ortho intramolecular Hbond substituents is 1. The summed E-state index contributed by atoms with van der Waals surface area (Å²) in [6.07, 6.45) is 16.5. The van der Waals surface area contributed by atoms with Crippen LogP contribution in [0.2, 0.25) is 0 Å². The molecule has 256 valence electrons. The van der Waals surface area contributed by atoms with Crippen molar-refractivity contribution in [1.82, 2.24) is 15.0 Å². The summed E-state index contributed by atoms with van der Waals surface area (Å²) in [4.78, 5) is 14.5. The van der Waals surface area contributed by atoms with Crippen LogP contribution < -0.4 is 0 Å². The van der Waals surface area contributed by atoms with Crippen molar-refractivity contribution in [3.05, 3.63) is 108 Å². The van der Waals surface area contributed by atoms with E-state index in [0.717, 1.165) is 49.6 Å². The first kappa shape index (κ1) is 31.9. The minimum absolute atomic E-state index is 0.0816. The Labute approximate surface area is 299 Å². The zero-order valence-corrected chi connectivity index (χ0v) is 29.9. The van der Waals surface area contributed by atoms with E-state index in [1.807, 2.05) is 42.7 Å². The van der Waals surface area contributed by atoms with Crippen molar-refractivity contribution in [2.24, 2.45) is 5.41 Å². The molecule has 7 aromatic rings. The van der Waals surface area contributed by atoms with Gasteiger partial charge in [-0.1, -0.05) is 82.5 Å². The number of benzene rings is 4. The molecule has 51 heavy (non-hydrogen) atoms. The molecule has 1 N–H and O–H groups in total. The second-order valence-corrected chi connectivity index (χ2v) is 16.3. The zero-order chi connectivity index (χ0) is 34.7. The van der Waals surface area contributed by atoms with Crippen LogP contribution in [0.1, 0.15) is 95.6 Å². The molecule has 0 aliphatic heterocycles. The summed E-state index contributed by atoms with van der Waals surface area (Å²) in [6.45, 7) is 6.39. The first-order chi connectivity index (χ1) is 24.7. The minimum Gasteiger partial charge on any atom is -0.507 e. The Balaban J connectivity index is 1.03. The van der Waals surface area contributed by atoms with Crippen LogP contribution in [0.5, 0.6) is 5.75 Å². The second kappa shape index (κ2) is 12.3. The molecule has 0 saturated heterocycles. The maximum absolute atomic E-state index is 11.0. The largest absolute Gasteiger partial charge is 0.507 e. The van der Waals surface area contributed by atoms with Crippen LogP contribution in [0.15, 0.2) is 102 Å². The van der Waals surface area contributed by atoms with Gasteiger partial charge in [0.1, 0.15) is 11.3 Å². The van der Waals surface area contributed by atoms with Crippen LogP contribution in [0, 0.1) is 5.41 Å².